The van der Waals surface area contributed by atoms with Crippen LogP contribution in [0, 0.1) is 5.92 Å². The zero-order chi connectivity index (χ0) is 11.5. The third-order valence-corrected chi connectivity index (χ3v) is 2.61. The second-order valence-electron chi connectivity index (χ2n) is 4.62. The summed E-state index contributed by atoms with van der Waals surface area (Å²) in [6, 6.07) is 0. The van der Waals surface area contributed by atoms with Crippen molar-refractivity contribution in [3.05, 3.63) is 0 Å². The van der Waals surface area contributed by atoms with Crippen molar-refractivity contribution in [2.24, 2.45) is 11.7 Å². The summed E-state index contributed by atoms with van der Waals surface area (Å²) in [5.41, 5.74) is 5.15. The first-order valence-electron chi connectivity index (χ1n) is 5.23. The molecule has 0 aromatic heterocycles. The Bertz CT molecular complexity index is 253. The van der Waals surface area contributed by atoms with Gasteiger partial charge in [0.15, 0.2) is 0 Å². The number of piperidine rings is 1. The van der Waals surface area contributed by atoms with E-state index in [1.807, 2.05) is 13.8 Å². The maximum atomic E-state index is 11.8. The van der Waals surface area contributed by atoms with E-state index in [0.29, 0.717) is 25.9 Å². The summed E-state index contributed by atoms with van der Waals surface area (Å²) in [4.78, 5) is 22.7. The molecule has 1 aliphatic heterocycles. The Kier molecular flexibility index (Phi) is 3.68. The van der Waals surface area contributed by atoms with Crippen LogP contribution in [0.2, 0.25) is 0 Å². The van der Waals surface area contributed by atoms with Gasteiger partial charge in [0.05, 0.1) is 5.92 Å². The van der Waals surface area contributed by atoms with E-state index in [0.717, 1.165) is 0 Å². The summed E-state index contributed by atoms with van der Waals surface area (Å²) in [6.45, 7) is 4.60. The fraction of sp³-hybridized carbons (Fsp3) is 0.800. The highest BCUT2D eigenvalue weighted by Crippen LogP contribution is 2.12. The lowest BCUT2D eigenvalue weighted by molar-refractivity contribution is -0.129. The minimum atomic E-state index is -0.376. The summed E-state index contributed by atoms with van der Waals surface area (Å²) in [6.07, 6.45) is 1.06. The summed E-state index contributed by atoms with van der Waals surface area (Å²) in [5.74, 6) is -0.115. The summed E-state index contributed by atoms with van der Waals surface area (Å²) in [7, 11) is 0. The van der Waals surface area contributed by atoms with Crippen LogP contribution in [0.3, 0.4) is 0 Å². The highest BCUT2D eigenvalue weighted by Gasteiger charge is 2.27. The lowest BCUT2D eigenvalue weighted by Gasteiger charge is -2.29. The molecular formula is C10H19N3O2. The van der Waals surface area contributed by atoms with Gasteiger partial charge in [-0.2, -0.15) is 0 Å². The van der Waals surface area contributed by atoms with Crippen molar-refractivity contribution in [2.45, 2.75) is 32.2 Å². The van der Waals surface area contributed by atoms with E-state index in [1.165, 1.54) is 0 Å². The molecule has 0 bridgehead atoms. The molecule has 0 aliphatic carbocycles. The monoisotopic (exact) mass is 213 g/mol. The van der Waals surface area contributed by atoms with Crippen molar-refractivity contribution in [2.75, 3.05) is 13.1 Å². The number of hydrogen-bond donors (Lipinski definition) is 3. The van der Waals surface area contributed by atoms with Crippen LogP contribution in [0.25, 0.3) is 0 Å². The molecule has 15 heavy (non-hydrogen) atoms. The Morgan fingerprint density at radius 3 is 2.80 bits per heavy atom. The standard InChI is InChI=1S/C10H19N3O2/c1-10(2,6-11)13-9(15)7-3-4-8(14)12-5-7/h7H,3-6,11H2,1-2H3,(H,12,14)(H,13,15). The van der Waals surface area contributed by atoms with Crippen molar-refractivity contribution < 1.29 is 9.59 Å². The number of carbonyl (C=O) groups is 2. The molecular weight excluding hydrogens is 194 g/mol. The molecule has 1 unspecified atom stereocenters. The Labute approximate surface area is 89.8 Å². The largest absolute Gasteiger partial charge is 0.355 e. The quantitative estimate of drug-likeness (QED) is 0.583. The van der Waals surface area contributed by atoms with Crippen LogP contribution in [0.5, 0.6) is 0 Å². The van der Waals surface area contributed by atoms with Crippen LogP contribution >= 0.6 is 0 Å². The highest BCUT2D eigenvalue weighted by molar-refractivity contribution is 5.84. The van der Waals surface area contributed by atoms with E-state index >= 15 is 0 Å². The topological polar surface area (TPSA) is 84.2 Å². The molecule has 0 aromatic rings. The summed E-state index contributed by atoms with van der Waals surface area (Å²) in [5, 5.41) is 5.56. The van der Waals surface area contributed by atoms with Crippen molar-refractivity contribution in [1.82, 2.24) is 10.6 Å². The fourth-order valence-corrected chi connectivity index (χ4v) is 1.44. The fourth-order valence-electron chi connectivity index (χ4n) is 1.44. The molecule has 1 fully saturated rings. The SMILES string of the molecule is CC(C)(CN)NC(=O)C1CCC(=O)NC1. The Morgan fingerprint density at radius 2 is 2.33 bits per heavy atom. The van der Waals surface area contributed by atoms with E-state index in [-0.39, 0.29) is 23.3 Å². The van der Waals surface area contributed by atoms with Crippen molar-refractivity contribution >= 4 is 11.8 Å². The smallest absolute Gasteiger partial charge is 0.225 e. The molecule has 5 nitrogen and oxygen atoms in total. The Morgan fingerprint density at radius 1 is 1.67 bits per heavy atom. The van der Waals surface area contributed by atoms with Crippen LogP contribution in [-0.2, 0) is 9.59 Å². The Balaban J connectivity index is 2.44. The zero-order valence-corrected chi connectivity index (χ0v) is 9.30. The minimum absolute atomic E-state index is 0.0227. The molecule has 4 N–H and O–H groups in total. The molecule has 86 valence electrons. The van der Waals surface area contributed by atoms with Gasteiger partial charge in [-0.25, -0.2) is 0 Å². The second kappa shape index (κ2) is 4.61. The molecule has 2 amide bonds. The molecule has 0 aromatic carbocycles. The highest BCUT2D eigenvalue weighted by atomic mass is 16.2. The summed E-state index contributed by atoms with van der Waals surface area (Å²) < 4.78 is 0. The average molecular weight is 213 g/mol. The van der Waals surface area contributed by atoms with Crippen LogP contribution < -0.4 is 16.4 Å². The third kappa shape index (κ3) is 3.51. The number of nitrogens with one attached hydrogen (secondary N) is 2. The average Bonchev–Trinajstić information content (AvgIpc) is 2.18. The van der Waals surface area contributed by atoms with E-state index in [9.17, 15) is 9.59 Å². The molecule has 5 heteroatoms. The van der Waals surface area contributed by atoms with Crippen molar-refractivity contribution in [1.29, 1.82) is 0 Å². The molecule has 0 radical (unpaired) electrons. The van der Waals surface area contributed by atoms with Gasteiger partial charge in [-0.1, -0.05) is 0 Å². The molecule has 1 heterocycles. The Hall–Kier alpha value is -1.10. The lowest BCUT2D eigenvalue weighted by Crippen LogP contribution is -2.53. The second-order valence-corrected chi connectivity index (χ2v) is 4.62. The van der Waals surface area contributed by atoms with E-state index in [2.05, 4.69) is 10.6 Å². The van der Waals surface area contributed by atoms with Gasteiger partial charge in [0.1, 0.15) is 0 Å². The van der Waals surface area contributed by atoms with Gasteiger partial charge < -0.3 is 16.4 Å². The predicted octanol–water partition coefficient (Wildman–Crippen LogP) is -0.634. The number of rotatable bonds is 3. The summed E-state index contributed by atoms with van der Waals surface area (Å²) >= 11 is 0. The lowest BCUT2D eigenvalue weighted by atomic mass is 9.96. The van der Waals surface area contributed by atoms with Crippen LogP contribution in [0.1, 0.15) is 26.7 Å². The van der Waals surface area contributed by atoms with Crippen LogP contribution in [0.4, 0.5) is 0 Å². The normalized spacial score (nSPS) is 22.1. The first-order chi connectivity index (χ1) is 6.94. The minimum Gasteiger partial charge on any atom is -0.355 e. The van der Waals surface area contributed by atoms with E-state index in [1.54, 1.807) is 0 Å². The molecule has 0 saturated carbocycles. The van der Waals surface area contributed by atoms with Gasteiger partial charge in [-0.15, -0.1) is 0 Å². The number of carbonyl (C=O) groups excluding carboxylic acids is 2. The number of amides is 2. The van der Waals surface area contributed by atoms with Crippen molar-refractivity contribution in [3.63, 3.8) is 0 Å². The predicted molar refractivity (Wildman–Crippen MR) is 57.0 cm³/mol. The third-order valence-electron chi connectivity index (χ3n) is 2.61. The maximum absolute atomic E-state index is 11.8. The van der Waals surface area contributed by atoms with E-state index < -0.39 is 0 Å². The van der Waals surface area contributed by atoms with Gasteiger partial charge in [-0.3, -0.25) is 9.59 Å². The first kappa shape index (κ1) is 12.0. The number of hydrogen-bond acceptors (Lipinski definition) is 3. The van der Waals surface area contributed by atoms with Crippen LogP contribution in [-0.4, -0.2) is 30.4 Å². The number of nitrogens with two attached hydrogens (primary N) is 1. The van der Waals surface area contributed by atoms with E-state index in [4.69, 9.17) is 5.73 Å². The van der Waals surface area contributed by atoms with Crippen LogP contribution in [0.15, 0.2) is 0 Å². The first-order valence-corrected chi connectivity index (χ1v) is 5.23. The maximum Gasteiger partial charge on any atom is 0.225 e. The molecule has 0 spiro atoms. The molecule has 1 aliphatic rings. The molecule has 1 atom stereocenters. The van der Waals surface area contributed by atoms with Gasteiger partial charge in [0.2, 0.25) is 11.8 Å². The van der Waals surface area contributed by atoms with Gasteiger partial charge in [0.25, 0.3) is 0 Å². The van der Waals surface area contributed by atoms with Gasteiger partial charge >= 0.3 is 0 Å². The van der Waals surface area contributed by atoms with Crippen molar-refractivity contribution in [3.8, 4) is 0 Å². The molecule has 1 saturated heterocycles. The molecule has 1 rings (SSSR count). The van der Waals surface area contributed by atoms with Gasteiger partial charge in [0, 0.05) is 25.0 Å². The van der Waals surface area contributed by atoms with Gasteiger partial charge in [-0.05, 0) is 20.3 Å². The zero-order valence-electron chi connectivity index (χ0n) is 9.30.